The van der Waals surface area contributed by atoms with Gasteiger partial charge in [-0.25, -0.2) is 9.78 Å². The summed E-state index contributed by atoms with van der Waals surface area (Å²) >= 11 is 1.51. The monoisotopic (exact) mass is 437 g/mol. The van der Waals surface area contributed by atoms with E-state index in [0.29, 0.717) is 29.4 Å². The van der Waals surface area contributed by atoms with E-state index in [1.54, 1.807) is 23.1 Å². The van der Waals surface area contributed by atoms with Gasteiger partial charge in [-0.3, -0.25) is 14.3 Å². The van der Waals surface area contributed by atoms with Gasteiger partial charge in [0.25, 0.3) is 0 Å². The average Bonchev–Trinajstić information content (AvgIpc) is 3.49. The van der Waals surface area contributed by atoms with Crippen LogP contribution in [0.2, 0.25) is 0 Å². The summed E-state index contributed by atoms with van der Waals surface area (Å²) in [7, 11) is 0. The molecule has 1 amide bonds. The standard InChI is InChI=1S/C23H23N3O4S/c1-14-9-10-15(2)21-20(14)24-22(31-21)26(12-16-6-5-11-29-16)19(27)13-25-17-7-3-4-8-18(17)30-23(25)28/h3-4,7-10,16H,5-6,11-13H2,1-2H3. The Balaban J connectivity index is 1.53. The quantitative estimate of drug-likeness (QED) is 0.471. The summed E-state index contributed by atoms with van der Waals surface area (Å²) in [6.45, 7) is 5.08. The third-order valence-corrected chi connectivity index (χ3v) is 6.95. The summed E-state index contributed by atoms with van der Waals surface area (Å²) in [6, 6.07) is 11.2. The lowest BCUT2D eigenvalue weighted by Gasteiger charge is -2.23. The Morgan fingerprint density at radius 1 is 1.23 bits per heavy atom. The van der Waals surface area contributed by atoms with Crippen LogP contribution in [0, 0.1) is 13.8 Å². The highest BCUT2D eigenvalue weighted by Crippen LogP contribution is 2.34. The Morgan fingerprint density at radius 3 is 2.81 bits per heavy atom. The molecule has 1 aliphatic rings. The number of aryl methyl sites for hydroxylation is 2. The Kier molecular flexibility index (Phi) is 5.11. The zero-order valence-corrected chi connectivity index (χ0v) is 18.3. The van der Waals surface area contributed by atoms with Crippen molar-refractivity contribution in [2.75, 3.05) is 18.1 Å². The lowest BCUT2D eigenvalue weighted by molar-refractivity contribution is -0.119. The summed E-state index contributed by atoms with van der Waals surface area (Å²) in [4.78, 5) is 32.4. The van der Waals surface area contributed by atoms with Crippen LogP contribution >= 0.6 is 11.3 Å². The second-order valence-corrected chi connectivity index (χ2v) is 8.91. The first-order valence-corrected chi connectivity index (χ1v) is 11.2. The Morgan fingerprint density at radius 2 is 2.03 bits per heavy atom. The van der Waals surface area contributed by atoms with Gasteiger partial charge in [-0.05, 0) is 49.9 Å². The number of oxazole rings is 1. The number of aromatic nitrogens is 2. The van der Waals surface area contributed by atoms with Gasteiger partial charge in [0.1, 0.15) is 6.54 Å². The number of para-hydroxylation sites is 2. The van der Waals surface area contributed by atoms with Crippen molar-refractivity contribution in [3.63, 3.8) is 0 Å². The lowest BCUT2D eigenvalue weighted by atomic mass is 10.1. The zero-order chi connectivity index (χ0) is 21.5. The Bertz CT molecular complexity index is 1290. The molecule has 0 aliphatic carbocycles. The van der Waals surface area contributed by atoms with Crippen molar-refractivity contribution in [3.05, 3.63) is 58.1 Å². The molecule has 31 heavy (non-hydrogen) atoms. The van der Waals surface area contributed by atoms with Gasteiger partial charge in [-0.15, -0.1) is 0 Å². The molecule has 2 aromatic carbocycles. The molecule has 0 N–H and O–H groups in total. The topological polar surface area (TPSA) is 77.6 Å². The molecule has 1 atom stereocenters. The zero-order valence-electron chi connectivity index (χ0n) is 17.5. The minimum absolute atomic E-state index is 0.0315. The third kappa shape index (κ3) is 3.66. The summed E-state index contributed by atoms with van der Waals surface area (Å²) in [5, 5.41) is 0.633. The van der Waals surface area contributed by atoms with Gasteiger partial charge in [0.05, 0.1) is 28.4 Å². The van der Waals surface area contributed by atoms with Gasteiger partial charge in [0.15, 0.2) is 10.7 Å². The van der Waals surface area contributed by atoms with E-state index < -0.39 is 5.76 Å². The first-order chi connectivity index (χ1) is 15.0. The number of hydrogen-bond donors (Lipinski definition) is 0. The van der Waals surface area contributed by atoms with Crippen LogP contribution in [0.4, 0.5) is 5.13 Å². The van der Waals surface area contributed by atoms with E-state index in [1.165, 1.54) is 15.9 Å². The fourth-order valence-corrected chi connectivity index (χ4v) is 5.16. The van der Waals surface area contributed by atoms with E-state index in [1.807, 2.05) is 26.0 Å². The molecule has 0 saturated carbocycles. The molecule has 2 aromatic heterocycles. The maximum Gasteiger partial charge on any atom is 0.420 e. The highest BCUT2D eigenvalue weighted by molar-refractivity contribution is 7.22. The van der Waals surface area contributed by atoms with Crippen LogP contribution < -0.4 is 10.7 Å². The van der Waals surface area contributed by atoms with Crippen molar-refractivity contribution >= 4 is 43.7 Å². The van der Waals surface area contributed by atoms with Crippen LogP contribution in [-0.4, -0.2) is 34.7 Å². The SMILES string of the molecule is Cc1ccc(C)c2sc(N(CC3CCCO3)C(=O)Cn3c(=O)oc4ccccc43)nc12. The van der Waals surface area contributed by atoms with E-state index in [0.717, 1.165) is 34.2 Å². The van der Waals surface area contributed by atoms with Crippen LogP contribution in [-0.2, 0) is 16.1 Å². The summed E-state index contributed by atoms with van der Waals surface area (Å²) < 4.78 is 13.6. The van der Waals surface area contributed by atoms with Crippen molar-refractivity contribution in [3.8, 4) is 0 Å². The maximum atomic E-state index is 13.5. The summed E-state index contributed by atoms with van der Waals surface area (Å²) in [6.07, 6.45) is 1.86. The predicted octanol–water partition coefficient (Wildman–Crippen LogP) is 4.03. The molecule has 0 bridgehead atoms. The normalized spacial score (nSPS) is 16.4. The van der Waals surface area contributed by atoms with Crippen molar-refractivity contribution in [2.45, 2.75) is 39.3 Å². The van der Waals surface area contributed by atoms with E-state index >= 15 is 0 Å². The number of carbonyl (C=O) groups is 1. The van der Waals surface area contributed by atoms with Crippen molar-refractivity contribution in [2.24, 2.45) is 0 Å². The first kappa shape index (κ1) is 20.0. The second kappa shape index (κ2) is 7.94. The van der Waals surface area contributed by atoms with Gasteiger partial charge < -0.3 is 9.15 Å². The second-order valence-electron chi connectivity index (χ2n) is 7.93. The first-order valence-electron chi connectivity index (χ1n) is 10.4. The molecule has 1 saturated heterocycles. The number of amides is 1. The van der Waals surface area contributed by atoms with E-state index in [2.05, 4.69) is 6.07 Å². The minimum Gasteiger partial charge on any atom is -0.408 e. The number of anilines is 1. The summed E-state index contributed by atoms with van der Waals surface area (Å²) in [5.74, 6) is -0.749. The highest BCUT2D eigenvalue weighted by atomic mass is 32.1. The molecular weight excluding hydrogens is 414 g/mol. The van der Waals surface area contributed by atoms with Crippen LogP contribution in [0.5, 0.6) is 0 Å². The molecule has 1 unspecified atom stereocenters. The van der Waals surface area contributed by atoms with E-state index in [4.69, 9.17) is 14.1 Å². The average molecular weight is 438 g/mol. The van der Waals surface area contributed by atoms with Crippen LogP contribution in [0.3, 0.4) is 0 Å². The van der Waals surface area contributed by atoms with Crippen LogP contribution in [0.25, 0.3) is 21.3 Å². The predicted molar refractivity (Wildman–Crippen MR) is 121 cm³/mol. The van der Waals surface area contributed by atoms with Crippen LogP contribution in [0.1, 0.15) is 24.0 Å². The molecule has 3 heterocycles. The lowest BCUT2D eigenvalue weighted by Crippen LogP contribution is -2.40. The molecule has 160 valence electrons. The van der Waals surface area contributed by atoms with Gasteiger partial charge in [-0.1, -0.05) is 35.6 Å². The molecule has 7 nitrogen and oxygen atoms in total. The molecule has 5 rings (SSSR count). The van der Waals surface area contributed by atoms with E-state index in [-0.39, 0.29) is 18.6 Å². The smallest absolute Gasteiger partial charge is 0.408 e. The third-order valence-electron chi connectivity index (χ3n) is 5.74. The van der Waals surface area contributed by atoms with Crippen molar-refractivity contribution in [1.29, 1.82) is 0 Å². The fourth-order valence-electron chi connectivity index (χ4n) is 4.03. The number of thiazole rings is 1. The molecule has 0 spiro atoms. The Labute approximate surface area is 182 Å². The van der Waals surface area contributed by atoms with Gasteiger partial charge in [0, 0.05) is 6.61 Å². The molecule has 1 aliphatic heterocycles. The van der Waals surface area contributed by atoms with E-state index in [9.17, 15) is 9.59 Å². The Hall–Kier alpha value is -2.97. The minimum atomic E-state index is -0.539. The summed E-state index contributed by atoms with van der Waals surface area (Å²) in [5.41, 5.74) is 4.19. The number of nitrogens with zero attached hydrogens (tertiary/aromatic N) is 3. The number of fused-ring (bicyclic) bond motifs is 2. The number of carbonyl (C=O) groups excluding carboxylic acids is 1. The number of hydrogen-bond acceptors (Lipinski definition) is 6. The molecular formula is C23H23N3O4S. The number of benzene rings is 2. The molecule has 1 fully saturated rings. The largest absolute Gasteiger partial charge is 0.420 e. The molecule has 0 radical (unpaired) electrons. The number of rotatable bonds is 5. The van der Waals surface area contributed by atoms with Gasteiger partial charge in [-0.2, -0.15) is 0 Å². The van der Waals surface area contributed by atoms with Gasteiger partial charge in [0.2, 0.25) is 5.91 Å². The number of ether oxygens (including phenoxy) is 1. The fraction of sp³-hybridized carbons (Fsp3) is 0.348. The highest BCUT2D eigenvalue weighted by Gasteiger charge is 2.27. The maximum absolute atomic E-state index is 13.5. The molecule has 8 heteroatoms. The van der Waals surface area contributed by atoms with Crippen LogP contribution in [0.15, 0.2) is 45.6 Å². The molecule has 4 aromatic rings. The van der Waals surface area contributed by atoms with Gasteiger partial charge >= 0.3 is 5.76 Å². The van der Waals surface area contributed by atoms with Crippen molar-refractivity contribution in [1.82, 2.24) is 9.55 Å². The van der Waals surface area contributed by atoms with Crippen molar-refractivity contribution < 1.29 is 13.9 Å².